The van der Waals surface area contributed by atoms with Crippen LogP contribution < -0.4 is 14.8 Å². The highest BCUT2D eigenvalue weighted by molar-refractivity contribution is 7.90. The second-order valence-corrected chi connectivity index (χ2v) is 20.4. The highest BCUT2D eigenvalue weighted by Gasteiger charge is 2.36. The lowest BCUT2D eigenvalue weighted by Gasteiger charge is -2.36. The van der Waals surface area contributed by atoms with Crippen LogP contribution in [0.5, 0.6) is 11.5 Å². The van der Waals surface area contributed by atoms with E-state index in [1.54, 1.807) is 24.4 Å². The van der Waals surface area contributed by atoms with E-state index in [9.17, 15) is 31.7 Å². The number of sulfonamides is 2. The van der Waals surface area contributed by atoms with Crippen LogP contribution in [0.1, 0.15) is 84.0 Å². The number of aromatic nitrogens is 2. The van der Waals surface area contributed by atoms with Crippen molar-refractivity contribution in [2.45, 2.75) is 73.9 Å². The van der Waals surface area contributed by atoms with Crippen LogP contribution in [0, 0.1) is 10.1 Å². The number of allylic oxidation sites excluding steroid dienone is 1. The molecule has 330 valence electrons. The Bertz CT molecular complexity index is 2830. The maximum Gasteiger partial charge on any atom is 0.293 e. The molecule has 18 heteroatoms. The molecule has 2 aromatic heterocycles. The number of benzene rings is 3. The van der Waals surface area contributed by atoms with Gasteiger partial charge in [-0.2, -0.15) is 4.31 Å². The van der Waals surface area contributed by atoms with Crippen molar-refractivity contribution >= 4 is 53.9 Å². The molecule has 4 aliphatic rings. The normalized spacial score (nSPS) is 21.2. The number of rotatable bonds is 14. The number of likely N-dealkylation sites (tertiary alicyclic amines) is 1. The standard InChI is InChI=1S/C45H49N7O9S2/c1-62(56,57)50-21-22-60-35(28-50)27-47-40-17-15-36(25-42(40)52(54)55)63(58,59)49-45(53)39-16-12-31(24-43(39)61-34-23-32-18-19-46-44(32)48-26-34)29-10-13-33(14-11-29)51-20-4-7-41(51)38-6-3-2-5-37(38)30-8-9-30/h2-3,5-6,10,12,15-19,23-26,30,33,35,41,47H,4,7-9,11,13-14,20-22,27-28H2,1H3,(H,46,48)(H,49,53). The minimum atomic E-state index is -4.64. The molecule has 16 nitrogen and oxygen atoms in total. The Kier molecular flexibility index (Phi) is 11.8. The first kappa shape index (κ1) is 42.6. The summed E-state index contributed by atoms with van der Waals surface area (Å²) in [6.07, 6.45) is 13.5. The van der Waals surface area contributed by atoms with Gasteiger partial charge in [-0.15, -0.1) is 0 Å². The number of pyridine rings is 1. The summed E-state index contributed by atoms with van der Waals surface area (Å²) in [5.41, 5.74) is 4.96. The topological polar surface area (TPSA) is 206 Å². The minimum Gasteiger partial charge on any atom is -0.455 e. The van der Waals surface area contributed by atoms with Gasteiger partial charge in [-0.3, -0.25) is 19.8 Å². The number of carbonyl (C=O) groups is 1. The van der Waals surface area contributed by atoms with Gasteiger partial charge in [0.2, 0.25) is 10.0 Å². The molecule has 2 aliphatic carbocycles. The average Bonchev–Trinajstić information content (AvgIpc) is 3.81. The van der Waals surface area contributed by atoms with Gasteiger partial charge in [0, 0.05) is 49.4 Å². The van der Waals surface area contributed by atoms with E-state index in [0.29, 0.717) is 29.4 Å². The molecule has 3 fully saturated rings. The van der Waals surface area contributed by atoms with Crippen molar-refractivity contribution in [3.63, 3.8) is 0 Å². The summed E-state index contributed by atoms with van der Waals surface area (Å²) in [7, 11) is -8.10. The van der Waals surface area contributed by atoms with Gasteiger partial charge in [0.05, 0.1) is 40.5 Å². The molecule has 2 saturated heterocycles. The summed E-state index contributed by atoms with van der Waals surface area (Å²) < 4.78 is 66.8. The fourth-order valence-electron chi connectivity index (χ4n) is 9.18. The molecule has 3 unspecified atom stereocenters. The number of morpholine rings is 1. The van der Waals surface area contributed by atoms with Gasteiger partial charge >= 0.3 is 0 Å². The number of ether oxygens (including phenoxy) is 2. The van der Waals surface area contributed by atoms with Crippen molar-refractivity contribution in [2.24, 2.45) is 0 Å². The zero-order valence-corrected chi connectivity index (χ0v) is 36.4. The van der Waals surface area contributed by atoms with Gasteiger partial charge in [-0.1, -0.05) is 36.4 Å². The highest BCUT2D eigenvalue weighted by Crippen LogP contribution is 2.47. The summed E-state index contributed by atoms with van der Waals surface area (Å²) in [5.74, 6) is 0.141. The lowest BCUT2D eigenvalue weighted by Crippen LogP contribution is -2.47. The predicted molar refractivity (Wildman–Crippen MR) is 238 cm³/mol. The lowest BCUT2D eigenvalue weighted by molar-refractivity contribution is -0.384. The second kappa shape index (κ2) is 17.5. The number of carbonyl (C=O) groups excluding carboxylic acids is 1. The number of hydrogen-bond acceptors (Lipinski definition) is 12. The van der Waals surface area contributed by atoms with E-state index in [4.69, 9.17) is 9.47 Å². The molecule has 2 aliphatic heterocycles. The molecule has 1 saturated carbocycles. The van der Waals surface area contributed by atoms with Gasteiger partial charge < -0.3 is 19.8 Å². The number of aromatic amines is 1. The number of anilines is 1. The van der Waals surface area contributed by atoms with Crippen molar-refractivity contribution in [3.05, 3.63) is 124 Å². The zero-order valence-electron chi connectivity index (χ0n) is 34.7. The Morgan fingerprint density at radius 2 is 1.83 bits per heavy atom. The highest BCUT2D eigenvalue weighted by atomic mass is 32.2. The van der Waals surface area contributed by atoms with Gasteiger partial charge in [-0.05, 0) is 116 Å². The Morgan fingerprint density at radius 1 is 1.00 bits per heavy atom. The van der Waals surface area contributed by atoms with Crippen LogP contribution in [0.3, 0.4) is 0 Å². The molecule has 4 heterocycles. The third-order valence-electron chi connectivity index (χ3n) is 12.5. The number of nitrogens with one attached hydrogen (secondary N) is 3. The summed E-state index contributed by atoms with van der Waals surface area (Å²) >= 11 is 0. The van der Waals surface area contributed by atoms with E-state index in [0.717, 1.165) is 67.1 Å². The van der Waals surface area contributed by atoms with Gasteiger partial charge in [0.1, 0.15) is 22.8 Å². The van der Waals surface area contributed by atoms with Crippen LogP contribution in [0.25, 0.3) is 16.6 Å². The van der Waals surface area contributed by atoms with Crippen LogP contribution >= 0.6 is 0 Å². The molecular weight excluding hydrogens is 847 g/mol. The average molecular weight is 896 g/mol. The first-order chi connectivity index (χ1) is 30.3. The first-order valence-electron chi connectivity index (χ1n) is 21.3. The number of nitro benzene ring substituents is 1. The summed E-state index contributed by atoms with van der Waals surface area (Å²) in [5, 5.41) is 15.8. The van der Waals surface area contributed by atoms with Crippen molar-refractivity contribution in [1.29, 1.82) is 0 Å². The first-order valence-corrected chi connectivity index (χ1v) is 24.6. The van der Waals surface area contributed by atoms with Crippen molar-refractivity contribution in [1.82, 2.24) is 23.9 Å². The molecule has 3 atom stereocenters. The summed E-state index contributed by atoms with van der Waals surface area (Å²) in [6, 6.07) is 21.7. The maximum atomic E-state index is 14.0. The summed E-state index contributed by atoms with van der Waals surface area (Å²) in [4.78, 5) is 35.0. The number of nitro groups is 1. The molecule has 0 spiro atoms. The Morgan fingerprint density at radius 3 is 2.59 bits per heavy atom. The van der Waals surface area contributed by atoms with Crippen LogP contribution in [0.15, 0.2) is 96.2 Å². The molecule has 0 bridgehead atoms. The van der Waals surface area contributed by atoms with Crippen LogP contribution in [0.2, 0.25) is 0 Å². The number of nitrogens with zero attached hydrogens (tertiary/aromatic N) is 4. The van der Waals surface area contributed by atoms with Gasteiger partial charge in [0.25, 0.3) is 21.6 Å². The van der Waals surface area contributed by atoms with Crippen LogP contribution in [-0.2, 0) is 24.8 Å². The molecular formula is C45H49N7O9S2. The quantitative estimate of drug-likeness (QED) is 0.0754. The van der Waals surface area contributed by atoms with Gasteiger partial charge in [-0.25, -0.2) is 26.5 Å². The number of amides is 1. The van der Waals surface area contributed by atoms with E-state index >= 15 is 0 Å². The van der Waals surface area contributed by atoms with Crippen molar-refractivity contribution < 1.29 is 36.0 Å². The van der Waals surface area contributed by atoms with E-state index < -0.39 is 47.6 Å². The van der Waals surface area contributed by atoms with Gasteiger partial charge in [0.15, 0.2) is 0 Å². The van der Waals surface area contributed by atoms with Crippen LogP contribution in [0.4, 0.5) is 11.4 Å². The molecule has 63 heavy (non-hydrogen) atoms. The Hall–Kier alpha value is -5.66. The van der Waals surface area contributed by atoms with Crippen molar-refractivity contribution in [2.75, 3.05) is 44.4 Å². The molecule has 0 radical (unpaired) electrons. The second-order valence-electron chi connectivity index (χ2n) is 16.7. The SMILES string of the molecule is CS(=O)(=O)N1CCOC(CNc2ccc(S(=O)(=O)NC(=O)c3ccc(C4=CCC(N5CCCC5c5ccccc5C5CC5)CC4)cc3Oc3cnc4[nH]ccc4c3)cc2[N+](=O)[O-])C1. The number of hydrogen-bond donors (Lipinski definition) is 3. The van der Waals surface area contributed by atoms with Crippen molar-refractivity contribution in [3.8, 4) is 11.5 Å². The molecule has 1 amide bonds. The fraction of sp³-hybridized carbons (Fsp3) is 0.378. The van der Waals surface area contributed by atoms with E-state index in [2.05, 4.69) is 55.2 Å². The molecule has 3 aromatic carbocycles. The monoisotopic (exact) mass is 895 g/mol. The number of fused-ring (bicyclic) bond motifs is 1. The smallest absolute Gasteiger partial charge is 0.293 e. The zero-order chi connectivity index (χ0) is 43.9. The maximum absolute atomic E-state index is 14.0. The van der Waals surface area contributed by atoms with E-state index in [1.807, 2.05) is 6.07 Å². The van der Waals surface area contributed by atoms with E-state index in [1.165, 1.54) is 53.0 Å². The third-order valence-corrected chi connectivity index (χ3v) is 15.1. The molecule has 5 aromatic rings. The Labute approximate surface area is 365 Å². The predicted octanol–water partition coefficient (Wildman–Crippen LogP) is 7.10. The lowest BCUT2D eigenvalue weighted by atomic mass is 9.88. The minimum absolute atomic E-state index is 0.00729. The Balaban J connectivity index is 0.939. The van der Waals surface area contributed by atoms with Crippen LogP contribution in [-0.4, -0.2) is 98.0 Å². The third kappa shape index (κ3) is 9.36. The fourth-order valence-corrected chi connectivity index (χ4v) is 11.0. The largest absolute Gasteiger partial charge is 0.455 e. The molecule has 3 N–H and O–H groups in total. The van der Waals surface area contributed by atoms with E-state index in [-0.39, 0.29) is 43.2 Å². The number of H-pyrrole nitrogens is 1. The molecule has 9 rings (SSSR count). The summed E-state index contributed by atoms with van der Waals surface area (Å²) in [6.45, 7) is 1.49.